The van der Waals surface area contributed by atoms with Crippen molar-refractivity contribution in [2.24, 2.45) is 11.7 Å². The van der Waals surface area contributed by atoms with Crippen LogP contribution in [0.1, 0.15) is 25.7 Å². The van der Waals surface area contributed by atoms with Crippen LogP contribution >= 0.6 is 11.6 Å². The molecule has 1 fully saturated rings. The van der Waals surface area contributed by atoms with Gasteiger partial charge in [0.15, 0.2) is 0 Å². The lowest BCUT2D eigenvalue weighted by atomic mass is 10.1. The van der Waals surface area contributed by atoms with E-state index in [0.717, 1.165) is 12.8 Å². The summed E-state index contributed by atoms with van der Waals surface area (Å²) in [5.74, 6) is 0.0349. The molecule has 2 amide bonds. The molecule has 2 rings (SSSR count). The molecular formula is C13H16ClFN2O. The summed E-state index contributed by atoms with van der Waals surface area (Å²) in [5.41, 5.74) is 5.87. The molecule has 1 saturated carbocycles. The van der Waals surface area contributed by atoms with Gasteiger partial charge < -0.3 is 5.73 Å². The highest BCUT2D eigenvalue weighted by Crippen LogP contribution is 2.31. The number of anilines is 1. The van der Waals surface area contributed by atoms with E-state index in [2.05, 4.69) is 0 Å². The highest BCUT2D eigenvalue weighted by Gasteiger charge is 2.23. The molecule has 1 aliphatic rings. The van der Waals surface area contributed by atoms with Crippen molar-refractivity contribution in [3.05, 3.63) is 29.0 Å². The van der Waals surface area contributed by atoms with E-state index in [1.807, 2.05) is 0 Å². The van der Waals surface area contributed by atoms with Crippen molar-refractivity contribution in [1.29, 1.82) is 0 Å². The van der Waals surface area contributed by atoms with Gasteiger partial charge in [-0.05, 0) is 37.0 Å². The molecular weight excluding hydrogens is 255 g/mol. The number of amides is 2. The number of halogens is 2. The second kappa shape index (κ2) is 5.57. The largest absolute Gasteiger partial charge is 0.351 e. The minimum Gasteiger partial charge on any atom is -0.351 e. The number of urea groups is 1. The quantitative estimate of drug-likeness (QED) is 0.897. The first kappa shape index (κ1) is 13.1. The molecule has 0 radical (unpaired) electrons. The molecule has 0 aromatic heterocycles. The normalized spacial score (nSPS) is 15.9. The van der Waals surface area contributed by atoms with Crippen molar-refractivity contribution >= 4 is 23.3 Å². The average molecular weight is 271 g/mol. The van der Waals surface area contributed by atoms with Gasteiger partial charge in [0.1, 0.15) is 5.82 Å². The molecule has 0 bridgehead atoms. The Morgan fingerprint density at radius 1 is 1.44 bits per heavy atom. The van der Waals surface area contributed by atoms with Gasteiger partial charge in [-0.15, -0.1) is 0 Å². The first-order valence-corrected chi connectivity index (χ1v) is 6.47. The lowest BCUT2D eigenvalue weighted by Crippen LogP contribution is -2.39. The zero-order valence-electron chi connectivity index (χ0n) is 10.0. The van der Waals surface area contributed by atoms with Crippen LogP contribution in [0.25, 0.3) is 0 Å². The Kier molecular flexibility index (Phi) is 4.07. The molecule has 5 heteroatoms. The minimum absolute atomic E-state index is 0.215. The van der Waals surface area contributed by atoms with E-state index in [-0.39, 0.29) is 5.02 Å². The second-order valence-corrected chi connectivity index (χ2v) is 5.10. The van der Waals surface area contributed by atoms with Crippen molar-refractivity contribution in [2.75, 3.05) is 11.4 Å². The van der Waals surface area contributed by atoms with Gasteiger partial charge in [0, 0.05) is 6.54 Å². The number of nitrogens with zero attached hydrogens (tertiary/aromatic N) is 1. The van der Waals surface area contributed by atoms with E-state index in [1.54, 1.807) is 0 Å². The van der Waals surface area contributed by atoms with E-state index in [1.165, 1.54) is 35.9 Å². The Labute approximate surface area is 111 Å². The molecule has 0 spiro atoms. The molecule has 0 aliphatic heterocycles. The van der Waals surface area contributed by atoms with E-state index in [0.29, 0.717) is 18.2 Å². The molecule has 2 N–H and O–H groups in total. The van der Waals surface area contributed by atoms with Crippen molar-refractivity contribution < 1.29 is 9.18 Å². The summed E-state index contributed by atoms with van der Waals surface area (Å²) in [6.07, 6.45) is 4.58. The number of benzene rings is 1. The molecule has 98 valence electrons. The summed E-state index contributed by atoms with van der Waals surface area (Å²) in [6.45, 7) is 0.556. The van der Waals surface area contributed by atoms with E-state index < -0.39 is 11.8 Å². The predicted molar refractivity (Wildman–Crippen MR) is 70.3 cm³/mol. The van der Waals surface area contributed by atoms with Crippen LogP contribution in [-0.4, -0.2) is 12.6 Å². The molecule has 18 heavy (non-hydrogen) atoms. The van der Waals surface area contributed by atoms with E-state index in [4.69, 9.17) is 17.3 Å². The summed E-state index contributed by atoms with van der Waals surface area (Å²) in [5, 5.41) is 0.215. The van der Waals surface area contributed by atoms with Crippen molar-refractivity contribution in [1.82, 2.24) is 0 Å². The first-order valence-electron chi connectivity index (χ1n) is 6.10. The second-order valence-electron chi connectivity index (χ2n) is 4.70. The fraction of sp³-hybridized carbons (Fsp3) is 0.462. The summed E-state index contributed by atoms with van der Waals surface area (Å²) in [4.78, 5) is 13.0. The topological polar surface area (TPSA) is 46.3 Å². The third-order valence-electron chi connectivity index (χ3n) is 3.38. The summed E-state index contributed by atoms with van der Waals surface area (Å²) < 4.78 is 13.0. The van der Waals surface area contributed by atoms with Gasteiger partial charge in [-0.3, -0.25) is 4.90 Å². The monoisotopic (exact) mass is 270 g/mol. The number of hydrogen-bond donors (Lipinski definition) is 1. The van der Waals surface area contributed by atoms with Crippen molar-refractivity contribution in [3.63, 3.8) is 0 Å². The lowest BCUT2D eigenvalue weighted by Gasteiger charge is -2.24. The number of carbonyl (C=O) groups is 1. The number of carbonyl (C=O) groups excluding carboxylic acids is 1. The predicted octanol–water partition coefficient (Wildman–Crippen LogP) is 3.55. The van der Waals surface area contributed by atoms with E-state index in [9.17, 15) is 9.18 Å². The smallest absolute Gasteiger partial charge is 0.319 e. The Hall–Kier alpha value is -1.29. The number of rotatable bonds is 3. The van der Waals surface area contributed by atoms with Crippen molar-refractivity contribution in [2.45, 2.75) is 25.7 Å². The Bertz CT molecular complexity index is 447. The summed E-state index contributed by atoms with van der Waals surface area (Å²) in [7, 11) is 0. The fourth-order valence-corrected chi connectivity index (χ4v) is 2.73. The Morgan fingerprint density at radius 2 is 2.11 bits per heavy atom. The van der Waals surface area contributed by atoms with Gasteiger partial charge in [0.2, 0.25) is 0 Å². The van der Waals surface area contributed by atoms with Crippen molar-refractivity contribution in [3.8, 4) is 0 Å². The standard InChI is InChI=1S/C13H16ClFN2O/c14-11-7-10(15)5-6-12(11)17(13(16)18)8-9-3-1-2-4-9/h5-7,9H,1-4,8H2,(H2,16,18). The maximum Gasteiger partial charge on any atom is 0.319 e. The van der Waals surface area contributed by atoms with Gasteiger partial charge in [-0.25, -0.2) is 9.18 Å². The number of primary amides is 1. The molecule has 1 aromatic rings. The molecule has 0 heterocycles. The molecule has 0 unspecified atom stereocenters. The van der Waals surface area contributed by atoms with Crippen LogP contribution in [0.15, 0.2) is 18.2 Å². The lowest BCUT2D eigenvalue weighted by molar-refractivity contribution is 0.252. The third-order valence-corrected chi connectivity index (χ3v) is 3.68. The van der Waals surface area contributed by atoms with Crippen LogP contribution in [0.5, 0.6) is 0 Å². The van der Waals surface area contributed by atoms with Gasteiger partial charge in [-0.1, -0.05) is 24.4 Å². The molecule has 3 nitrogen and oxygen atoms in total. The maximum absolute atomic E-state index is 13.0. The van der Waals surface area contributed by atoms with E-state index >= 15 is 0 Å². The Balaban J connectivity index is 2.20. The summed E-state index contributed by atoms with van der Waals surface area (Å²) in [6, 6.07) is 3.43. The van der Waals surface area contributed by atoms with Gasteiger partial charge in [0.25, 0.3) is 0 Å². The van der Waals surface area contributed by atoms with Crippen LogP contribution < -0.4 is 10.6 Å². The maximum atomic E-state index is 13.0. The molecule has 0 atom stereocenters. The van der Waals surface area contributed by atoms with Crippen LogP contribution in [0.3, 0.4) is 0 Å². The fourth-order valence-electron chi connectivity index (χ4n) is 2.46. The summed E-state index contributed by atoms with van der Waals surface area (Å²) >= 11 is 5.96. The van der Waals surface area contributed by atoms with Crippen LogP contribution in [0.4, 0.5) is 14.9 Å². The minimum atomic E-state index is -0.546. The van der Waals surface area contributed by atoms with Gasteiger partial charge >= 0.3 is 6.03 Å². The average Bonchev–Trinajstić information content (AvgIpc) is 2.79. The third kappa shape index (κ3) is 2.93. The highest BCUT2D eigenvalue weighted by molar-refractivity contribution is 6.33. The number of nitrogens with two attached hydrogens (primary N) is 1. The van der Waals surface area contributed by atoms with Crippen LogP contribution in [0, 0.1) is 11.7 Å². The SMILES string of the molecule is NC(=O)N(CC1CCCC1)c1ccc(F)cc1Cl. The highest BCUT2D eigenvalue weighted by atomic mass is 35.5. The molecule has 0 saturated heterocycles. The zero-order valence-corrected chi connectivity index (χ0v) is 10.8. The Morgan fingerprint density at radius 3 is 2.67 bits per heavy atom. The molecule has 1 aromatic carbocycles. The van der Waals surface area contributed by atoms with Crippen LogP contribution in [-0.2, 0) is 0 Å². The number of hydrogen-bond acceptors (Lipinski definition) is 1. The first-order chi connectivity index (χ1) is 8.58. The van der Waals surface area contributed by atoms with Crippen LogP contribution in [0.2, 0.25) is 5.02 Å². The molecule has 1 aliphatic carbocycles. The van der Waals surface area contributed by atoms with Gasteiger partial charge in [0.05, 0.1) is 10.7 Å². The zero-order chi connectivity index (χ0) is 13.1. The van der Waals surface area contributed by atoms with Gasteiger partial charge in [-0.2, -0.15) is 0 Å².